The number of carbonyl (C=O) groups is 1. The average molecular weight is 342 g/mol. The number of carbonyl (C=O) groups excluding carboxylic acids is 1. The van der Waals surface area contributed by atoms with Gasteiger partial charge in [-0.05, 0) is 32.4 Å². The lowest BCUT2D eigenvalue weighted by molar-refractivity contribution is -0.141. The predicted octanol–water partition coefficient (Wildman–Crippen LogP) is 1.34. The van der Waals surface area contributed by atoms with Crippen LogP contribution in [0.4, 0.5) is 0 Å². The van der Waals surface area contributed by atoms with E-state index in [0.29, 0.717) is 6.54 Å². The number of aliphatic hydroxyl groups is 1. The summed E-state index contributed by atoms with van der Waals surface area (Å²) in [5.74, 6) is 0.0901. The summed E-state index contributed by atoms with van der Waals surface area (Å²) in [7, 11) is 2.10. The van der Waals surface area contributed by atoms with Crippen LogP contribution in [0, 0.1) is 5.41 Å². The zero-order chi connectivity index (χ0) is 17.4. The van der Waals surface area contributed by atoms with Gasteiger partial charge in [0.2, 0.25) is 5.91 Å². The molecule has 0 bridgehead atoms. The number of benzene rings is 1. The summed E-state index contributed by atoms with van der Waals surface area (Å²) in [5.41, 5.74) is 0.741. The van der Waals surface area contributed by atoms with Crippen LogP contribution < -0.4 is 0 Å². The first kappa shape index (κ1) is 16.5. The first-order valence-electron chi connectivity index (χ1n) is 9.12. The van der Waals surface area contributed by atoms with E-state index in [0.717, 1.165) is 49.8 Å². The van der Waals surface area contributed by atoms with Gasteiger partial charge in [-0.1, -0.05) is 18.2 Å². The molecule has 1 amide bonds. The van der Waals surface area contributed by atoms with E-state index in [1.807, 2.05) is 35.4 Å². The maximum Gasteiger partial charge on any atom is 0.244 e. The topological polar surface area (TPSA) is 61.6 Å². The standard InChI is InChI=1S/C19H26N4O2/c1-21-10-7-17(24)19(13-21)8-4-9-22(14-19)18(25)12-23-11-15-5-2-3-6-16(15)20-23/h2-3,5-6,11,17,24H,4,7-10,12-14H2,1H3/t17-,19-/m0/s1. The van der Waals surface area contributed by atoms with Crippen molar-refractivity contribution in [1.82, 2.24) is 19.6 Å². The van der Waals surface area contributed by atoms with Crippen molar-refractivity contribution in [1.29, 1.82) is 0 Å². The maximum absolute atomic E-state index is 12.8. The van der Waals surface area contributed by atoms with Gasteiger partial charge in [0.05, 0.1) is 11.6 Å². The van der Waals surface area contributed by atoms with Crippen molar-refractivity contribution in [3.05, 3.63) is 30.5 Å². The largest absolute Gasteiger partial charge is 0.392 e. The van der Waals surface area contributed by atoms with Crippen molar-refractivity contribution in [3.63, 3.8) is 0 Å². The molecule has 6 heteroatoms. The minimum absolute atomic E-state index is 0.0901. The summed E-state index contributed by atoms with van der Waals surface area (Å²) in [6, 6.07) is 7.90. The molecule has 134 valence electrons. The molecule has 25 heavy (non-hydrogen) atoms. The van der Waals surface area contributed by atoms with Crippen LogP contribution in [0.25, 0.3) is 10.9 Å². The van der Waals surface area contributed by atoms with Crippen LogP contribution in [0.2, 0.25) is 0 Å². The van der Waals surface area contributed by atoms with Crippen LogP contribution in [0.15, 0.2) is 30.5 Å². The Bertz CT molecular complexity index is 741. The van der Waals surface area contributed by atoms with Crippen LogP contribution in [-0.4, -0.2) is 69.9 Å². The third kappa shape index (κ3) is 3.16. The highest BCUT2D eigenvalue weighted by Gasteiger charge is 2.45. The van der Waals surface area contributed by atoms with E-state index < -0.39 is 0 Å². The molecule has 2 aliphatic heterocycles. The fourth-order valence-electron chi connectivity index (χ4n) is 4.48. The van der Waals surface area contributed by atoms with Gasteiger partial charge in [-0.3, -0.25) is 9.48 Å². The van der Waals surface area contributed by atoms with Crippen molar-refractivity contribution < 1.29 is 9.90 Å². The number of nitrogens with zero attached hydrogens (tertiary/aromatic N) is 4. The molecule has 4 rings (SSSR count). The number of hydrogen-bond acceptors (Lipinski definition) is 4. The normalized spacial score (nSPS) is 27.9. The fraction of sp³-hybridized carbons (Fsp3) is 0.579. The Hall–Kier alpha value is -1.92. The number of piperidine rings is 2. The van der Waals surface area contributed by atoms with Gasteiger partial charge >= 0.3 is 0 Å². The third-order valence-electron chi connectivity index (χ3n) is 5.80. The number of aliphatic hydroxyl groups excluding tert-OH is 1. The molecule has 1 aromatic heterocycles. The number of amides is 1. The third-order valence-corrected chi connectivity index (χ3v) is 5.80. The maximum atomic E-state index is 12.8. The van der Waals surface area contributed by atoms with E-state index in [4.69, 9.17) is 0 Å². The van der Waals surface area contributed by atoms with Gasteiger partial charge in [0.1, 0.15) is 6.54 Å². The van der Waals surface area contributed by atoms with E-state index in [1.54, 1.807) is 4.68 Å². The summed E-state index contributed by atoms with van der Waals surface area (Å²) in [6.45, 7) is 3.48. The summed E-state index contributed by atoms with van der Waals surface area (Å²) < 4.78 is 1.73. The Morgan fingerprint density at radius 1 is 1.32 bits per heavy atom. The lowest BCUT2D eigenvalue weighted by atomic mass is 9.71. The molecule has 1 spiro atoms. The molecule has 1 N–H and O–H groups in total. The van der Waals surface area contributed by atoms with E-state index in [-0.39, 0.29) is 24.0 Å². The highest BCUT2D eigenvalue weighted by Crippen LogP contribution is 2.38. The number of likely N-dealkylation sites (tertiary alicyclic amines) is 2. The molecule has 1 aromatic carbocycles. The zero-order valence-corrected chi connectivity index (χ0v) is 14.8. The SMILES string of the molecule is CN1CC[C@H](O)[C@@]2(CCCN(C(=O)Cn3cc4ccccc4n3)C2)C1. The lowest BCUT2D eigenvalue weighted by Gasteiger charge is -2.50. The van der Waals surface area contributed by atoms with Crippen molar-refractivity contribution in [2.75, 3.05) is 33.2 Å². The zero-order valence-electron chi connectivity index (χ0n) is 14.8. The van der Waals surface area contributed by atoms with Gasteiger partial charge in [0, 0.05) is 43.2 Å². The first-order chi connectivity index (χ1) is 12.1. The quantitative estimate of drug-likeness (QED) is 0.895. The highest BCUT2D eigenvalue weighted by molar-refractivity contribution is 5.80. The molecular weight excluding hydrogens is 316 g/mol. The second kappa shape index (κ2) is 6.42. The molecule has 0 unspecified atom stereocenters. The number of aromatic nitrogens is 2. The molecule has 6 nitrogen and oxygen atoms in total. The van der Waals surface area contributed by atoms with Crippen LogP contribution in [0.3, 0.4) is 0 Å². The van der Waals surface area contributed by atoms with E-state index in [1.165, 1.54) is 0 Å². The monoisotopic (exact) mass is 342 g/mol. The van der Waals surface area contributed by atoms with E-state index >= 15 is 0 Å². The summed E-state index contributed by atoms with van der Waals surface area (Å²) in [6.07, 6.45) is 4.36. The van der Waals surface area contributed by atoms with Gasteiger partial charge in [0.25, 0.3) is 0 Å². The summed E-state index contributed by atoms with van der Waals surface area (Å²) in [5, 5.41) is 16.1. The number of hydrogen-bond donors (Lipinski definition) is 1. The summed E-state index contributed by atoms with van der Waals surface area (Å²) >= 11 is 0. The first-order valence-corrected chi connectivity index (χ1v) is 9.12. The Morgan fingerprint density at radius 3 is 3.00 bits per heavy atom. The van der Waals surface area contributed by atoms with Crippen LogP contribution in [-0.2, 0) is 11.3 Å². The average Bonchev–Trinajstić information content (AvgIpc) is 3.01. The molecule has 2 saturated heterocycles. The van der Waals surface area contributed by atoms with Crippen molar-refractivity contribution >= 4 is 16.8 Å². The molecule has 2 aliphatic rings. The van der Waals surface area contributed by atoms with Crippen LogP contribution in [0.1, 0.15) is 19.3 Å². The minimum atomic E-state index is -0.313. The smallest absolute Gasteiger partial charge is 0.244 e. The molecular formula is C19H26N4O2. The Balaban J connectivity index is 1.48. The fourth-order valence-corrected chi connectivity index (χ4v) is 4.48. The van der Waals surface area contributed by atoms with Gasteiger partial charge in [-0.25, -0.2) is 0 Å². The van der Waals surface area contributed by atoms with Crippen LogP contribution >= 0.6 is 0 Å². The Kier molecular flexibility index (Phi) is 4.25. The van der Waals surface area contributed by atoms with Crippen molar-refractivity contribution in [2.24, 2.45) is 5.41 Å². The van der Waals surface area contributed by atoms with Gasteiger partial charge in [0.15, 0.2) is 0 Å². The van der Waals surface area contributed by atoms with Crippen LogP contribution in [0.5, 0.6) is 0 Å². The summed E-state index contributed by atoms with van der Waals surface area (Å²) in [4.78, 5) is 17.0. The second-order valence-electron chi connectivity index (χ2n) is 7.71. The van der Waals surface area contributed by atoms with E-state index in [2.05, 4.69) is 17.0 Å². The molecule has 2 aromatic rings. The predicted molar refractivity (Wildman–Crippen MR) is 96.1 cm³/mol. The Labute approximate surface area is 148 Å². The van der Waals surface area contributed by atoms with Gasteiger partial charge < -0.3 is 14.9 Å². The molecule has 3 heterocycles. The second-order valence-corrected chi connectivity index (χ2v) is 7.71. The molecule has 0 aliphatic carbocycles. The number of fused-ring (bicyclic) bond motifs is 1. The van der Waals surface area contributed by atoms with Gasteiger partial charge in [-0.15, -0.1) is 0 Å². The lowest BCUT2D eigenvalue weighted by Crippen LogP contribution is -2.59. The van der Waals surface area contributed by atoms with E-state index in [9.17, 15) is 9.90 Å². The minimum Gasteiger partial charge on any atom is -0.392 e. The number of rotatable bonds is 2. The Morgan fingerprint density at radius 2 is 2.16 bits per heavy atom. The highest BCUT2D eigenvalue weighted by atomic mass is 16.3. The molecule has 2 atom stereocenters. The molecule has 0 saturated carbocycles. The molecule has 2 fully saturated rings. The van der Waals surface area contributed by atoms with Crippen molar-refractivity contribution in [2.45, 2.75) is 31.9 Å². The molecule has 0 radical (unpaired) electrons. The van der Waals surface area contributed by atoms with Crippen molar-refractivity contribution in [3.8, 4) is 0 Å². The van der Waals surface area contributed by atoms with Gasteiger partial charge in [-0.2, -0.15) is 5.10 Å².